The van der Waals surface area contributed by atoms with Gasteiger partial charge in [-0.05, 0) is 26.0 Å². The van der Waals surface area contributed by atoms with Gasteiger partial charge in [0.05, 0.1) is 16.2 Å². The maximum absolute atomic E-state index is 6.09. The van der Waals surface area contributed by atoms with E-state index in [1.54, 1.807) is 11.8 Å². The van der Waals surface area contributed by atoms with Crippen molar-refractivity contribution in [2.24, 2.45) is 5.73 Å². The summed E-state index contributed by atoms with van der Waals surface area (Å²) in [5.41, 5.74) is 5.39. The Balaban J connectivity index is 2.03. The van der Waals surface area contributed by atoms with Crippen molar-refractivity contribution in [1.29, 1.82) is 0 Å². The van der Waals surface area contributed by atoms with Gasteiger partial charge >= 0.3 is 0 Å². The molecular weight excluding hydrogens is 282 g/mol. The minimum Gasteiger partial charge on any atom is -0.339 e. The smallest absolute Gasteiger partial charge is 0.233 e. The average Bonchev–Trinajstić information content (AvgIpc) is 2.87. The van der Waals surface area contributed by atoms with Crippen LogP contribution in [-0.4, -0.2) is 16.7 Å². The Morgan fingerprint density at radius 3 is 2.79 bits per heavy atom. The number of aromatic nitrogens is 2. The molecule has 0 saturated carbocycles. The Labute approximate surface area is 121 Å². The van der Waals surface area contributed by atoms with Crippen LogP contribution in [0.4, 0.5) is 0 Å². The van der Waals surface area contributed by atoms with Gasteiger partial charge in [0, 0.05) is 11.4 Å². The van der Waals surface area contributed by atoms with Gasteiger partial charge in [-0.1, -0.05) is 28.9 Å². The first-order valence-corrected chi connectivity index (χ1v) is 7.30. The third kappa shape index (κ3) is 3.49. The van der Waals surface area contributed by atoms with Crippen LogP contribution < -0.4 is 5.73 Å². The van der Waals surface area contributed by atoms with Gasteiger partial charge in [0.2, 0.25) is 5.89 Å². The second-order valence-electron chi connectivity index (χ2n) is 4.82. The van der Waals surface area contributed by atoms with Crippen molar-refractivity contribution >= 4 is 23.4 Å². The Bertz CT molecular complexity index is 556. The first-order valence-electron chi connectivity index (χ1n) is 5.93. The summed E-state index contributed by atoms with van der Waals surface area (Å²) in [6.07, 6.45) is 0. The molecule has 0 unspecified atom stereocenters. The number of rotatable bonds is 5. The lowest BCUT2D eigenvalue weighted by atomic mass is 9.94. The lowest BCUT2D eigenvalue weighted by Crippen LogP contribution is -2.28. The quantitative estimate of drug-likeness (QED) is 0.858. The largest absolute Gasteiger partial charge is 0.339 e. The maximum Gasteiger partial charge on any atom is 0.233 e. The minimum atomic E-state index is -0.291. The highest BCUT2D eigenvalue weighted by molar-refractivity contribution is 7.98. The van der Waals surface area contributed by atoms with E-state index in [2.05, 4.69) is 10.1 Å². The molecule has 0 aliphatic heterocycles. The van der Waals surface area contributed by atoms with Crippen LogP contribution in [0.1, 0.15) is 25.6 Å². The van der Waals surface area contributed by atoms with Crippen molar-refractivity contribution in [3.05, 3.63) is 41.0 Å². The third-order valence-corrected chi connectivity index (χ3v) is 4.26. The molecule has 0 aliphatic carbocycles. The first kappa shape index (κ1) is 14.4. The summed E-state index contributed by atoms with van der Waals surface area (Å²) in [6.45, 7) is 4.42. The number of nitrogens with two attached hydrogens (primary N) is 1. The number of halogens is 1. The summed E-state index contributed by atoms with van der Waals surface area (Å²) in [5.74, 6) is 1.85. The number of thioether (sulfide) groups is 1. The number of nitrogens with zero attached hydrogens (tertiary/aromatic N) is 2. The molecule has 2 aromatic rings. The van der Waals surface area contributed by atoms with Crippen molar-refractivity contribution in [2.75, 3.05) is 6.54 Å². The van der Waals surface area contributed by atoms with E-state index in [0.29, 0.717) is 24.0 Å². The van der Waals surface area contributed by atoms with E-state index in [4.69, 9.17) is 21.9 Å². The summed E-state index contributed by atoms with van der Waals surface area (Å²) in [6, 6.07) is 7.69. The summed E-state index contributed by atoms with van der Waals surface area (Å²) >= 11 is 7.67. The lowest BCUT2D eigenvalue weighted by Gasteiger charge is -2.15. The Hall–Kier alpha value is -1.04. The van der Waals surface area contributed by atoms with Crippen LogP contribution >= 0.6 is 23.4 Å². The van der Waals surface area contributed by atoms with Crippen molar-refractivity contribution < 1.29 is 4.52 Å². The van der Waals surface area contributed by atoms with Gasteiger partial charge in [0.1, 0.15) is 0 Å². The zero-order valence-electron chi connectivity index (χ0n) is 10.9. The molecule has 4 nitrogen and oxygen atoms in total. The summed E-state index contributed by atoms with van der Waals surface area (Å²) in [7, 11) is 0. The summed E-state index contributed by atoms with van der Waals surface area (Å²) < 4.78 is 5.25. The Morgan fingerprint density at radius 1 is 1.37 bits per heavy atom. The van der Waals surface area contributed by atoms with E-state index in [1.165, 1.54) is 0 Å². The first-order chi connectivity index (χ1) is 9.03. The normalized spacial score (nSPS) is 11.8. The predicted octanol–water partition coefficient (Wildman–Crippen LogP) is 3.25. The van der Waals surface area contributed by atoms with Crippen LogP contribution in [0.3, 0.4) is 0 Å². The van der Waals surface area contributed by atoms with E-state index < -0.39 is 0 Å². The van der Waals surface area contributed by atoms with E-state index in [-0.39, 0.29) is 5.41 Å². The standard InChI is InChI=1S/C13H16ClN3OS/c1-13(2,8-15)12-16-11(17-18-12)7-19-10-6-4-3-5-9(10)14/h3-6H,7-8,15H2,1-2H3. The molecule has 0 spiro atoms. The zero-order valence-corrected chi connectivity index (χ0v) is 12.5. The maximum atomic E-state index is 6.09. The second kappa shape index (κ2) is 5.94. The van der Waals surface area contributed by atoms with E-state index in [9.17, 15) is 0 Å². The Kier molecular flexibility index (Phi) is 4.50. The third-order valence-electron chi connectivity index (χ3n) is 2.75. The van der Waals surface area contributed by atoms with Gasteiger partial charge in [-0.25, -0.2) is 0 Å². The molecule has 1 aromatic heterocycles. The van der Waals surface area contributed by atoms with Crippen molar-refractivity contribution in [3.8, 4) is 0 Å². The van der Waals surface area contributed by atoms with Crippen molar-refractivity contribution in [3.63, 3.8) is 0 Å². The highest BCUT2D eigenvalue weighted by Crippen LogP contribution is 2.29. The van der Waals surface area contributed by atoms with Gasteiger partial charge < -0.3 is 10.3 Å². The fraction of sp³-hybridized carbons (Fsp3) is 0.385. The van der Waals surface area contributed by atoms with Crippen LogP contribution in [0, 0.1) is 0 Å². The molecule has 0 atom stereocenters. The molecule has 2 N–H and O–H groups in total. The molecule has 2 rings (SSSR count). The summed E-state index contributed by atoms with van der Waals surface area (Å²) in [5, 5.41) is 4.70. The predicted molar refractivity (Wildman–Crippen MR) is 77.4 cm³/mol. The molecule has 0 radical (unpaired) electrons. The number of hydrogen-bond acceptors (Lipinski definition) is 5. The second-order valence-corrected chi connectivity index (χ2v) is 6.25. The molecule has 1 heterocycles. The molecule has 0 amide bonds. The molecule has 102 valence electrons. The average molecular weight is 298 g/mol. The van der Waals surface area contributed by atoms with E-state index in [0.717, 1.165) is 9.92 Å². The van der Waals surface area contributed by atoms with Gasteiger partial charge in [-0.3, -0.25) is 0 Å². The lowest BCUT2D eigenvalue weighted by molar-refractivity contribution is 0.309. The number of hydrogen-bond donors (Lipinski definition) is 1. The van der Waals surface area contributed by atoms with Gasteiger partial charge in [0.15, 0.2) is 5.82 Å². The number of benzene rings is 1. The van der Waals surface area contributed by atoms with Crippen LogP contribution in [0.2, 0.25) is 5.02 Å². The van der Waals surface area contributed by atoms with E-state index in [1.807, 2.05) is 38.1 Å². The van der Waals surface area contributed by atoms with Crippen molar-refractivity contribution in [2.45, 2.75) is 29.9 Å². The van der Waals surface area contributed by atoms with Gasteiger partial charge in [0.25, 0.3) is 0 Å². The zero-order chi connectivity index (χ0) is 13.9. The topological polar surface area (TPSA) is 64.9 Å². The molecular formula is C13H16ClN3OS. The SMILES string of the molecule is CC(C)(CN)c1nc(CSc2ccccc2Cl)no1. The van der Waals surface area contributed by atoms with Crippen LogP contribution in [-0.2, 0) is 11.2 Å². The highest BCUT2D eigenvalue weighted by atomic mass is 35.5. The highest BCUT2D eigenvalue weighted by Gasteiger charge is 2.25. The molecule has 6 heteroatoms. The van der Waals surface area contributed by atoms with Crippen LogP contribution in [0.5, 0.6) is 0 Å². The van der Waals surface area contributed by atoms with Crippen LogP contribution in [0.15, 0.2) is 33.7 Å². The minimum absolute atomic E-state index is 0.291. The molecule has 0 fully saturated rings. The molecule has 0 aliphatic rings. The molecule has 0 saturated heterocycles. The Morgan fingerprint density at radius 2 is 2.11 bits per heavy atom. The van der Waals surface area contributed by atoms with Gasteiger partial charge in [-0.2, -0.15) is 4.98 Å². The molecule has 0 bridgehead atoms. The molecule has 19 heavy (non-hydrogen) atoms. The van der Waals surface area contributed by atoms with Gasteiger partial charge in [-0.15, -0.1) is 11.8 Å². The fourth-order valence-corrected chi connectivity index (χ4v) is 2.46. The molecule has 1 aromatic carbocycles. The van der Waals surface area contributed by atoms with Crippen molar-refractivity contribution in [1.82, 2.24) is 10.1 Å². The van der Waals surface area contributed by atoms with E-state index >= 15 is 0 Å². The van der Waals surface area contributed by atoms with Crippen LogP contribution in [0.25, 0.3) is 0 Å². The summed E-state index contributed by atoms with van der Waals surface area (Å²) in [4.78, 5) is 5.38. The fourth-order valence-electron chi connectivity index (χ4n) is 1.38. The monoisotopic (exact) mass is 297 g/mol.